The average Bonchev–Trinajstić information content (AvgIpc) is 2.75. The number of ether oxygens (including phenoxy) is 1. The first-order valence-corrected chi connectivity index (χ1v) is 6.28. The van der Waals surface area contributed by atoms with Crippen molar-refractivity contribution in [2.45, 2.75) is 63.1 Å². The summed E-state index contributed by atoms with van der Waals surface area (Å²) in [6.45, 7) is 3.86. The SMILES string of the molecule is CCC1(O)CCC(NC2CCOC2)CC1. The number of aliphatic hydroxyl groups is 1. The van der Waals surface area contributed by atoms with Crippen molar-refractivity contribution >= 4 is 0 Å². The molecule has 88 valence electrons. The van der Waals surface area contributed by atoms with Gasteiger partial charge in [0.05, 0.1) is 12.2 Å². The molecule has 1 aliphatic carbocycles. The van der Waals surface area contributed by atoms with Gasteiger partial charge in [0.2, 0.25) is 0 Å². The number of nitrogens with one attached hydrogen (secondary N) is 1. The molecule has 1 heterocycles. The summed E-state index contributed by atoms with van der Waals surface area (Å²) in [4.78, 5) is 0. The Balaban J connectivity index is 1.73. The largest absolute Gasteiger partial charge is 0.390 e. The van der Waals surface area contributed by atoms with E-state index in [1.54, 1.807) is 0 Å². The lowest BCUT2D eigenvalue weighted by Crippen LogP contribution is -2.45. The van der Waals surface area contributed by atoms with Gasteiger partial charge in [-0.3, -0.25) is 0 Å². The fourth-order valence-electron chi connectivity index (χ4n) is 2.67. The van der Waals surface area contributed by atoms with Gasteiger partial charge in [-0.2, -0.15) is 0 Å². The minimum Gasteiger partial charge on any atom is -0.390 e. The van der Waals surface area contributed by atoms with Crippen LogP contribution in [0.3, 0.4) is 0 Å². The first-order chi connectivity index (χ1) is 7.22. The summed E-state index contributed by atoms with van der Waals surface area (Å²) in [6, 6.07) is 1.16. The van der Waals surface area contributed by atoms with Crippen molar-refractivity contribution in [1.82, 2.24) is 5.32 Å². The summed E-state index contributed by atoms with van der Waals surface area (Å²) in [5.74, 6) is 0. The van der Waals surface area contributed by atoms with Gasteiger partial charge in [0, 0.05) is 18.7 Å². The summed E-state index contributed by atoms with van der Waals surface area (Å²) >= 11 is 0. The van der Waals surface area contributed by atoms with E-state index in [1.807, 2.05) is 0 Å². The highest BCUT2D eigenvalue weighted by molar-refractivity contribution is 4.88. The molecule has 3 heteroatoms. The molecule has 2 rings (SSSR count). The second-order valence-corrected chi connectivity index (χ2v) is 5.08. The van der Waals surface area contributed by atoms with Gasteiger partial charge >= 0.3 is 0 Å². The summed E-state index contributed by atoms with van der Waals surface area (Å²) in [7, 11) is 0. The molecule has 0 radical (unpaired) electrons. The normalized spacial score (nSPS) is 42.0. The molecule has 3 nitrogen and oxygen atoms in total. The molecule has 0 amide bonds. The van der Waals surface area contributed by atoms with Crippen LogP contribution >= 0.6 is 0 Å². The van der Waals surface area contributed by atoms with Crippen molar-refractivity contribution in [3.8, 4) is 0 Å². The van der Waals surface area contributed by atoms with Crippen molar-refractivity contribution in [1.29, 1.82) is 0 Å². The van der Waals surface area contributed by atoms with E-state index in [1.165, 1.54) is 0 Å². The second kappa shape index (κ2) is 4.81. The van der Waals surface area contributed by atoms with Gasteiger partial charge in [-0.15, -0.1) is 0 Å². The Bertz CT molecular complexity index is 194. The van der Waals surface area contributed by atoms with E-state index >= 15 is 0 Å². The predicted molar refractivity (Wildman–Crippen MR) is 59.9 cm³/mol. The maximum atomic E-state index is 10.1. The zero-order valence-corrected chi connectivity index (χ0v) is 9.67. The monoisotopic (exact) mass is 213 g/mol. The molecule has 2 aliphatic rings. The van der Waals surface area contributed by atoms with Gasteiger partial charge in [-0.05, 0) is 38.5 Å². The molecule has 2 fully saturated rings. The van der Waals surface area contributed by atoms with Crippen LogP contribution in [0.2, 0.25) is 0 Å². The molecule has 1 saturated heterocycles. The third kappa shape index (κ3) is 2.92. The summed E-state index contributed by atoms with van der Waals surface area (Å²) in [6.07, 6.45) is 6.17. The molecule has 15 heavy (non-hydrogen) atoms. The van der Waals surface area contributed by atoms with Crippen molar-refractivity contribution in [3.63, 3.8) is 0 Å². The third-order valence-corrected chi connectivity index (χ3v) is 3.98. The van der Waals surface area contributed by atoms with Crippen LogP contribution in [0.5, 0.6) is 0 Å². The molecule has 1 saturated carbocycles. The fraction of sp³-hybridized carbons (Fsp3) is 1.00. The highest BCUT2D eigenvalue weighted by Gasteiger charge is 2.32. The molecule has 0 aromatic heterocycles. The second-order valence-electron chi connectivity index (χ2n) is 5.08. The maximum absolute atomic E-state index is 10.1. The van der Waals surface area contributed by atoms with Crippen LogP contribution in [0, 0.1) is 0 Å². The van der Waals surface area contributed by atoms with E-state index in [-0.39, 0.29) is 5.60 Å². The molecule has 1 unspecified atom stereocenters. The van der Waals surface area contributed by atoms with Crippen LogP contribution in [-0.2, 0) is 4.74 Å². The minimum atomic E-state index is -0.371. The van der Waals surface area contributed by atoms with Crippen LogP contribution < -0.4 is 5.32 Å². The molecule has 2 N–H and O–H groups in total. The Labute approximate surface area is 92.2 Å². The Hall–Kier alpha value is -0.120. The topological polar surface area (TPSA) is 41.5 Å². The number of hydrogen-bond donors (Lipinski definition) is 2. The number of hydrogen-bond acceptors (Lipinski definition) is 3. The Morgan fingerprint density at radius 3 is 2.53 bits per heavy atom. The zero-order chi connectivity index (χ0) is 10.7. The molecular weight excluding hydrogens is 190 g/mol. The average molecular weight is 213 g/mol. The van der Waals surface area contributed by atoms with Gasteiger partial charge in [0.1, 0.15) is 0 Å². The van der Waals surface area contributed by atoms with Crippen molar-refractivity contribution < 1.29 is 9.84 Å². The van der Waals surface area contributed by atoms with E-state index < -0.39 is 0 Å². The Morgan fingerprint density at radius 2 is 2.00 bits per heavy atom. The molecular formula is C12H23NO2. The van der Waals surface area contributed by atoms with Crippen LogP contribution in [0.4, 0.5) is 0 Å². The minimum absolute atomic E-state index is 0.371. The third-order valence-electron chi connectivity index (χ3n) is 3.98. The van der Waals surface area contributed by atoms with E-state index in [0.29, 0.717) is 12.1 Å². The number of rotatable bonds is 3. The van der Waals surface area contributed by atoms with Crippen molar-refractivity contribution in [2.24, 2.45) is 0 Å². The maximum Gasteiger partial charge on any atom is 0.0646 e. The van der Waals surface area contributed by atoms with E-state index in [9.17, 15) is 5.11 Å². The van der Waals surface area contributed by atoms with Crippen LogP contribution in [0.15, 0.2) is 0 Å². The van der Waals surface area contributed by atoms with Gasteiger partial charge in [0.15, 0.2) is 0 Å². The van der Waals surface area contributed by atoms with Crippen molar-refractivity contribution in [3.05, 3.63) is 0 Å². The fourth-order valence-corrected chi connectivity index (χ4v) is 2.67. The molecule has 0 aromatic carbocycles. The predicted octanol–water partition coefficient (Wildman–Crippen LogP) is 1.45. The summed E-state index contributed by atoms with van der Waals surface area (Å²) in [5, 5.41) is 13.7. The van der Waals surface area contributed by atoms with E-state index in [0.717, 1.165) is 51.7 Å². The van der Waals surface area contributed by atoms with Gasteiger partial charge in [-0.1, -0.05) is 6.92 Å². The van der Waals surface area contributed by atoms with Gasteiger partial charge in [0.25, 0.3) is 0 Å². The summed E-state index contributed by atoms with van der Waals surface area (Å²) < 4.78 is 5.35. The van der Waals surface area contributed by atoms with Crippen LogP contribution in [-0.4, -0.2) is 36.0 Å². The van der Waals surface area contributed by atoms with E-state index in [2.05, 4.69) is 12.2 Å². The first-order valence-electron chi connectivity index (χ1n) is 6.28. The quantitative estimate of drug-likeness (QED) is 0.745. The first kappa shape index (κ1) is 11.4. The Kier molecular flexibility index (Phi) is 3.65. The van der Waals surface area contributed by atoms with Crippen LogP contribution in [0.1, 0.15) is 45.4 Å². The lowest BCUT2D eigenvalue weighted by atomic mass is 9.80. The molecule has 1 atom stereocenters. The lowest BCUT2D eigenvalue weighted by molar-refractivity contribution is -0.00788. The molecule has 0 aromatic rings. The standard InChI is InChI=1S/C12H23NO2/c1-2-12(14)6-3-10(4-7-12)13-11-5-8-15-9-11/h10-11,13-14H,2-9H2,1H3. The zero-order valence-electron chi connectivity index (χ0n) is 9.67. The molecule has 0 spiro atoms. The lowest BCUT2D eigenvalue weighted by Gasteiger charge is -2.36. The van der Waals surface area contributed by atoms with Gasteiger partial charge in [-0.25, -0.2) is 0 Å². The summed E-state index contributed by atoms with van der Waals surface area (Å²) in [5.41, 5.74) is -0.371. The van der Waals surface area contributed by atoms with Crippen molar-refractivity contribution in [2.75, 3.05) is 13.2 Å². The highest BCUT2D eigenvalue weighted by Crippen LogP contribution is 2.31. The van der Waals surface area contributed by atoms with Crippen LogP contribution in [0.25, 0.3) is 0 Å². The smallest absolute Gasteiger partial charge is 0.0646 e. The molecule has 0 bridgehead atoms. The Morgan fingerprint density at radius 1 is 1.27 bits per heavy atom. The molecule has 1 aliphatic heterocycles. The highest BCUT2D eigenvalue weighted by atomic mass is 16.5. The van der Waals surface area contributed by atoms with Gasteiger partial charge < -0.3 is 15.2 Å². The van der Waals surface area contributed by atoms with E-state index in [4.69, 9.17) is 4.74 Å².